The molecule has 0 saturated carbocycles. The number of anilines is 1. The van der Waals surface area contributed by atoms with E-state index in [2.05, 4.69) is 10.2 Å². The van der Waals surface area contributed by atoms with Gasteiger partial charge in [-0.1, -0.05) is 6.07 Å². The van der Waals surface area contributed by atoms with Crippen LogP contribution in [-0.2, 0) is 0 Å². The lowest BCUT2D eigenvalue weighted by Crippen LogP contribution is -1.92. The zero-order valence-corrected chi connectivity index (χ0v) is 11.3. The van der Waals surface area contributed by atoms with Crippen LogP contribution in [0.3, 0.4) is 0 Å². The molecule has 0 aliphatic rings. The molecular formula is C15H15N3O2. The van der Waals surface area contributed by atoms with E-state index in [0.29, 0.717) is 5.69 Å². The fourth-order valence-electron chi connectivity index (χ4n) is 2.29. The van der Waals surface area contributed by atoms with Crippen LogP contribution in [-0.4, -0.2) is 24.4 Å². The molecule has 5 heteroatoms. The van der Waals surface area contributed by atoms with Crippen LogP contribution in [0, 0.1) is 0 Å². The minimum Gasteiger partial charge on any atom is -0.497 e. The fraction of sp³-hybridized carbons (Fsp3) is 0.133. The summed E-state index contributed by atoms with van der Waals surface area (Å²) in [6, 6.07) is 11.3. The summed E-state index contributed by atoms with van der Waals surface area (Å²) in [5, 5.41) is 8.25. The zero-order chi connectivity index (χ0) is 14.1. The van der Waals surface area contributed by atoms with E-state index >= 15 is 0 Å². The predicted molar refractivity (Wildman–Crippen MR) is 79.0 cm³/mol. The van der Waals surface area contributed by atoms with Crippen molar-refractivity contribution in [3.8, 4) is 22.8 Å². The summed E-state index contributed by atoms with van der Waals surface area (Å²) in [5.74, 6) is 1.47. The van der Waals surface area contributed by atoms with Crippen molar-refractivity contribution in [2.75, 3.05) is 20.0 Å². The van der Waals surface area contributed by atoms with Gasteiger partial charge in [0.25, 0.3) is 0 Å². The fourth-order valence-corrected chi connectivity index (χ4v) is 2.29. The molecule has 20 heavy (non-hydrogen) atoms. The van der Waals surface area contributed by atoms with Gasteiger partial charge < -0.3 is 15.2 Å². The predicted octanol–water partition coefficient (Wildman–Crippen LogP) is 2.83. The van der Waals surface area contributed by atoms with Gasteiger partial charge in [-0.25, -0.2) is 0 Å². The monoisotopic (exact) mass is 269 g/mol. The van der Waals surface area contributed by atoms with Crippen molar-refractivity contribution in [2.24, 2.45) is 0 Å². The number of nitrogens with zero attached hydrogens (tertiary/aromatic N) is 1. The van der Waals surface area contributed by atoms with E-state index in [1.54, 1.807) is 14.2 Å². The Hall–Kier alpha value is -2.69. The Balaban J connectivity index is 2.30. The third-order valence-electron chi connectivity index (χ3n) is 3.28. The van der Waals surface area contributed by atoms with Gasteiger partial charge in [-0.3, -0.25) is 5.10 Å². The molecule has 0 aliphatic carbocycles. The van der Waals surface area contributed by atoms with E-state index in [-0.39, 0.29) is 0 Å². The highest BCUT2D eigenvalue weighted by atomic mass is 16.5. The van der Waals surface area contributed by atoms with Crippen molar-refractivity contribution in [2.45, 2.75) is 0 Å². The average molecular weight is 269 g/mol. The summed E-state index contributed by atoms with van der Waals surface area (Å²) in [6.07, 6.45) is 0. The second-order valence-corrected chi connectivity index (χ2v) is 4.41. The number of aromatic amines is 1. The van der Waals surface area contributed by atoms with Gasteiger partial charge in [-0.15, -0.1) is 0 Å². The molecule has 0 saturated heterocycles. The number of nitrogens with two attached hydrogens (primary N) is 1. The number of benzene rings is 2. The largest absolute Gasteiger partial charge is 0.497 e. The third kappa shape index (κ3) is 1.84. The number of hydrogen-bond donors (Lipinski definition) is 2. The molecule has 1 aromatic heterocycles. The Labute approximate surface area is 116 Å². The maximum Gasteiger partial charge on any atom is 0.128 e. The number of hydrogen-bond acceptors (Lipinski definition) is 4. The van der Waals surface area contributed by atoms with Crippen LogP contribution in [0.2, 0.25) is 0 Å². The lowest BCUT2D eigenvalue weighted by atomic mass is 10.1. The van der Waals surface area contributed by atoms with Gasteiger partial charge in [0.2, 0.25) is 0 Å². The molecule has 0 aliphatic heterocycles. The number of rotatable bonds is 3. The number of H-pyrrole nitrogens is 1. The van der Waals surface area contributed by atoms with Crippen LogP contribution in [0.1, 0.15) is 0 Å². The van der Waals surface area contributed by atoms with E-state index in [1.807, 2.05) is 36.4 Å². The number of nitrogens with one attached hydrogen (secondary N) is 1. The maximum absolute atomic E-state index is 6.07. The normalized spacial score (nSPS) is 10.7. The number of ether oxygens (including phenoxy) is 2. The first-order valence-corrected chi connectivity index (χ1v) is 6.19. The minimum atomic E-state index is 0.677. The molecular weight excluding hydrogens is 254 g/mol. The van der Waals surface area contributed by atoms with Gasteiger partial charge in [0, 0.05) is 11.3 Å². The second-order valence-electron chi connectivity index (χ2n) is 4.41. The van der Waals surface area contributed by atoms with Gasteiger partial charge in [0.15, 0.2) is 0 Å². The van der Waals surface area contributed by atoms with Crippen molar-refractivity contribution in [1.29, 1.82) is 0 Å². The molecule has 0 bridgehead atoms. The Kier molecular flexibility index (Phi) is 2.95. The maximum atomic E-state index is 6.07. The van der Waals surface area contributed by atoms with Gasteiger partial charge in [-0.2, -0.15) is 5.10 Å². The topological polar surface area (TPSA) is 73.2 Å². The molecule has 0 unspecified atom stereocenters. The summed E-state index contributed by atoms with van der Waals surface area (Å²) >= 11 is 0. The van der Waals surface area contributed by atoms with Crippen molar-refractivity contribution in [3.63, 3.8) is 0 Å². The summed E-state index contributed by atoms with van der Waals surface area (Å²) in [4.78, 5) is 0. The van der Waals surface area contributed by atoms with Crippen LogP contribution in [0.4, 0.5) is 5.69 Å². The first kappa shape index (κ1) is 12.3. The lowest BCUT2D eigenvalue weighted by Gasteiger charge is -2.09. The molecule has 1 heterocycles. The molecule has 0 amide bonds. The number of fused-ring (bicyclic) bond motifs is 1. The van der Waals surface area contributed by atoms with E-state index in [9.17, 15) is 0 Å². The Morgan fingerprint density at radius 2 is 1.95 bits per heavy atom. The van der Waals surface area contributed by atoms with Crippen LogP contribution in [0.25, 0.3) is 22.2 Å². The molecule has 0 spiro atoms. The highest BCUT2D eigenvalue weighted by Gasteiger charge is 2.15. The summed E-state index contributed by atoms with van der Waals surface area (Å²) in [6.45, 7) is 0. The van der Waals surface area contributed by atoms with Crippen molar-refractivity contribution in [3.05, 3.63) is 36.4 Å². The zero-order valence-electron chi connectivity index (χ0n) is 11.3. The highest BCUT2D eigenvalue weighted by molar-refractivity contribution is 6.02. The molecule has 2 aromatic carbocycles. The molecule has 3 aromatic rings. The quantitative estimate of drug-likeness (QED) is 0.717. The Bertz CT molecular complexity index is 765. The van der Waals surface area contributed by atoms with Crippen molar-refractivity contribution < 1.29 is 9.47 Å². The van der Waals surface area contributed by atoms with Gasteiger partial charge >= 0.3 is 0 Å². The lowest BCUT2D eigenvalue weighted by molar-refractivity contribution is 0.404. The molecule has 5 nitrogen and oxygen atoms in total. The van der Waals surface area contributed by atoms with Crippen LogP contribution >= 0.6 is 0 Å². The summed E-state index contributed by atoms with van der Waals surface area (Å²) in [5.41, 5.74) is 9.24. The SMILES string of the molecule is COc1ccc(OC)c(-c2n[nH]c3cccc(N)c23)c1. The van der Waals surface area contributed by atoms with E-state index in [1.165, 1.54) is 0 Å². The van der Waals surface area contributed by atoms with Gasteiger partial charge in [0.1, 0.15) is 17.2 Å². The smallest absolute Gasteiger partial charge is 0.128 e. The molecule has 3 N–H and O–H groups in total. The molecule has 0 atom stereocenters. The number of aromatic nitrogens is 2. The van der Waals surface area contributed by atoms with Crippen LogP contribution < -0.4 is 15.2 Å². The summed E-state index contributed by atoms with van der Waals surface area (Å²) < 4.78 is 10.7. The van der Waals surface area contributed by atoms with E-state index in [4.69, 9.17) is 15.2 Å². The first-order chi connectivity index (χ1) is 9.74. The first-order valence-electron chi connectivity index (χ1n) is 6.19. The highest BCUT2D eigenvalue weighted by Crippen LogP contribution is 2.37. The minimum absolute atomic E-state index is 0.677. The molecule has 3 rings (SSSR count). The standard InChI is InChI=1S/C15H15N3O2/c1-19-9-6-7-13(20-2)10(8-9)15-14-11(16)4-3-5-12(14)17-18-15/h3-8H,16H2,1-2H3,(H,17,18). The molecule has 102 valence electrons. The van der Waals surface area contributed by atoms with Crippen LogP contribution in [0.5, 0.6) is 11.5 Å². The Morgan fingerprint density at radius 1 is 1.10 bits per heavy atom. The average Bonchev–Trinajstić information content (AvgIpc) is 2.92. The van der Waals surface area contributed by atoms with E-state index in [0.717, 1.165) is 33.7 Å². The molecule has 0 radical (unpaired) electrons. The van der Waals surface area contributed by atoms with Crippen molar-refractivity contribution >= 4 is 16.6 Å². The number of nitrogen functional groups attached to an aromatic ring is 1. The van der Waals surface area contributed by atoms with Crippen molar-refractivity contribution in [1.82, 2.24) is 10.2 Å². The third-order valence-corrected chi connectivity index (χ3v) is 3.28. The van der Waals surface area contributed by atoms with Crippen LogP contribution in [0.15, 0.2) is 36.4 Å². The summed E-state index contributed by atoms with van der Waals surface area (Å²) in [7, 11) is 3.26. The van der Waals surface area contributed by atoms with Gasteiger partial charge in [-0.05, 0) is 30.3 Å². The second kappa shape index (κ2) is 4.77. The number of methoxy groups -OCH3 is 2. The van der Waals surface area contributed by atoms with E-state index < -0.39 is 0 Å². The molecule has 0 fully saturated rings. The Morgan fingerprint density at radius 3 is 2.70 bits per heavy atom. The van der Waals surface area contributed by atoms with Gasteiger partial charge in [0.05, 0.1) is 25.1 Å².